The fourth-order valence-corrected chi connectivity index (χ4v) is 3.88. The van der Waals surface area contributed by atoms with Gasteiger partial charge < -0.3 is 5.32 Å². The van der Waals surface area contributed by atoms with Gasteiger partial charge in [-0.05, 0) is 36.8 Å². The molecule has 3 aromatic rings. The van der Waals surface area contributed by atoms with Gasteiger partial charge in [-0.15, -0.1) is 0 Å². The van der Waals surface area contributed by atoms with Crippen LogP contribution in [0.3, 0.4) is 0 Å². The van der Waals surface area contributed by atoms with Crippen LogP contribution >= 0.6 is 0 Å². The molecule has 0 aliphatic carbocycles. The van der Waals surface area contributed by atoms with Crippen molar-refractivity contribution >= 4 is 21.6 Å². The zero-order valence-electron chi connectivity index (χ0n) is 15.4. The molecule has 0 aromatic heterocycles. The molecule has 1 unspecified atom stereocenters. The number of amides is 1. The Labute approximate surface area is 167 Å². The van der Waals surface area contributed by atoms with Crippen molar-refractivity contribution < 1.29 is 22.0 Å². The molecule has 0 spiro atoms. The second-order valence-electron chi connectivity index (χ2n) is 6.36. The molecule has 1 atom stereocenters. The molecule has 1 amide bonds. The topological polar surface area (TPSA) is 75.3 Å². The SMILES string of the molecule is CC(NC(=O)c1ccccc1NS(=O)(=O)c1cc(F)cc(F)c1)c1ccccc1. The van der Waals surface area contributed by atoms with E-state index in [1.807, 2.05) is 30.3 Å². The van der Waals surface area contributed by atoms with E-state index in [2.05, 4.69) is 10.0 Å². The second kappa shape index (κ2) is 8.40. The lowest BCUT2D eigenvalue weighted by Gasteiger charge is -2.17. The minimum Gasteiger partial charge on any atom is -0.345 e. The van der Waals surface area contributed by atoms with E-state index in [1.165, 1.54) is 12.1 Å². The Morgan fingerprint density at radius 1 is 0.897 bits per heavy atom. The summed E-state index contributed by atoms with van der Waals surface area (Å²) in [6.45, 7) is 1.80. The monoisotopic (exact) mass is 416 g/mol. The van der Waals surface area contributed by atoms with Crippen molar-refractivity contribution in [1.29, 1.82) is 0 Å². The molecule has 150 valence electrons. The summed E-state index contributed by atoms with van der Waals surface area (Å²) in [6, 6.07) is 16.9. The molecule has 0 aliphatic heterocycles. The normalized spacial score (nSPS) is 12.2. The summed E-state index contributed by atoms with van der Waals surface area (Å²) in [4.78, 5) is 12.1. The molecular formula is C21H18F2N2O3S. The van der Waals surface area contributed by atoms with Gasteiger partial charge in [0.15, 0.2) is 0 Å². The van der Waals surface area contributed by atoms with Gasteiger partial charge in [-0.25, -0.2) is 17.2 Å². The van der Waals surface area contributed by atoms with Gasteiger partial charge in [-0.1, -0.05) is 42.5 Å². The molecule has 0 saturated carbocycles. The van der Waals surface area contributed by atoms with Gasteiger partial charge in [0.2, 0.25) is 0 Å². The fraction of sp³-hybridized carbons (Fsp3) is 0.0952. The van der Waals surface area contributed by atoms with E-state index in [0.29, 0.717) is 18.2 Å². The van der Waals surface area contributed by atoms with Crippen LogP contribution in [0.25, 0.3) is 0 Å². The molecule has 0 saturated heterocycles. The molecule has 3 aromatic carbocycles. The Bertz CT molecular complexity index is 1120. The summed E-state index contributed by atoms with van der Waals surface area (Å²) in [5.74, 6) is -2.54. The molecule has 0 heterocycles. The first kappa shape index (κ1) is 20.5. The van der Waals surface area contributed by atoms with Gasteiger partial charge in [0.05, 0.1) is 22.2 Å². The summed E-state index contributed by atoms with van der Waals surface area (Å²) in [5.41, 5.74) is 0.958. The molecule has 0 radical (unpaired) electrons. The predicted molar refractivity (Wildman–Crippen MR) is 106 cm³/mol. The van der Waals surface area contributed by atoms with E-state index < -0.39 is 32.5 Å². The highest BCUT2D eigenvalue weighted by Gasteiger charge is 2.21. The predicted octanol–water partition coefficient (Wildman–Crippen LogP) is 4.26. The average molecular weight is 416 g/mol. The van der Waals surface area contributed by atoms with Gasteiger partial charge in [0.1, 0.15) is 11.6 Å². The van der Waals surface area contributed by atoms with E-state index in [4.69, 9.17) is 0 Å². The van der Waals surface area contributed by atoms with Crippen LogP contribution in [0.4, 0.5) is 14.5 Å². The van der Waals surface area contributed by atoms with Crippen molar-refractivity contribution in [1.82, 2.24) is 5.32 Å². The van der Waals surface area contributed by atoms with Crippen molar-refractivity contribution in [2.24, 2.45) is 0 Å². The van der Waals surface area contributed by atoms with Crippen LogP contribution in [0.15, 0.2) is 77.7 Å². The smallest absolute Gasteiger partial charge is 0.262 e. The van der Waals surface area contributed by atoms with Crippen LogP contribution in [0, 0.1) is 11.6 Å². The summed E-state index contributed by atoms with van der Waals surface area (Å²) in [7, 11) is -4.30. The first-order valence-electron chi connectivity index (χ1n) is 8.70. The highest BCUT2D eigenvalue weighted by atomic mass is 32.2. The zero-order valence-corrected chi connectivity index (χ0v) is 16.2. The van der Waals surface area contributed by atoms with Gasteiger partial charge in [0, 0.05) is 6.07 Å². The number of carbonyl (C=O) groups excluding carboxylic acids is 1. The number of anilines is 1. The minimum atomic E-state index is -4.30. The maximum Gasteiger partial charge on any atom is 0.262 e. The summed E-state index contributed by atoms with van der Waals surface area (Å²) >= 11 is 0. The Morgan fingerprint density at radius 2 is 1.48 bits per heavy atom. The number of hydrogen-bond donors (Lipinski definition) is 2. The summed E-state index contributed by atoms with van der Waals surface area (Å²) < 4.78 is 54.2. The molecule has 0 aliphatic rings. The number of para-hydroxylation sites is 1. The maximum absolute atomic E-state index is 13.4. The highest BCUT2D eigenvalue weighted by Crippen LogP contribution is 2.22. The second-order valence-corrected chi connectivity index (χ2v) is 8.04. The van der Waals surface area contributed by atoms with Crippen molar-refractivity contribution in [3.05, 3.63) is 95.6 Å². The van der Waals surface area contributed by atoms with Crippen LogP contribution in [-0.4, -0.2) is 14.3 Å². The molecule has 2 N–H and O–H groups in total. The van der Waals surface area contributed by atoms with Gasteiger partial charge >= 0.3 is 0 Å². The number of hydrogen-bond acceptors (Lipinski definition) is 3. The van der Waals surface area contributed by atoms with Crippen LogP contribution in [0.2, 0.25) is 0 Å². The van der Waals surface area contributed by atoms with Crippen molar-refractivity contribution in [3.63, 3.8) is 0 Å². The molecule has 5 nitrogen and oxygen atoms in total. The van der Waals surface area contributed by atoms with Gasteiger partial charge in [0.25, 0.3) is 15.9 Å². The lowest BCUT2D eigenvalue weighted by molar-refractivity contribution is 0.0941. The van der Waals surface area contributed by atoms with Crippen LogP contribution in [-0.2, 0) is 10.0 Å². The molecule has 0 fully saturated rings. The number of nitrogens with one attached hydrogen (secondary N) is 2. The number of halogens is 2. The minimum absolute atomic E-state index is 0.00469. The molecular weight excluding hydrogens is 398 g/mol. The first-order valence-corrected chi connectivity index (χ1v) is 10.2. The Balaban J connectivity index is 1.86. The van der Waals surface area contributed by atoms with Crippen molar-refractivity contribution in [3.8, 4) is 0 Å². The first-order chi connectivity index (χ1) is 13.8. The van der Waals surface area contributed by atoms with Gasteiger partial charge in [-0.3, -0.25) is 9.52 Å². The third-order valence-electron chi connectivity index (χ3n) is 4.21. The maximum atomic E-state index is 13.4. The number of benzene rings is 3. The third kappa shape index (κ3) is 4.97. The molecule has 8 heteroatoms. The molecule has 0 bridgehead atoms. The van der Waals surface area contributed by atoms with Crippen LogP contribution in [0.5, 0.6) is 0 Å². The largest absolute Gasteiger partial charge is 0.345 e. The summed E-state index contributed by atoms with van der Waals surface area (Å²) in [6.07, 6.45) is 0. The standard InChI is InChI=1S/C21H18F2N2O3S/c1-14(15-7-3-2-4-8-15)24-21(26)19-9-5-6-10-20(19)25-29(27,28)18-12-16(22)11-17(23)13-18/h2-14,25H,1H3,(H,24,26). The third-order valence-corrected chi connectivity index (χ3v) is 5.55. The van der Waals surface area contributed by atoms with Gasteiger partial charge in [-0.2, -0.15) is 0 Å². The van der Waals surface area contributed by atoms with Crippen molar-refractivity contribution in [2.75, 3.05) is 4.72 Å². The Morgan fingerprint density at radius 3 is 2.14 bits per heavy atom. The quantitative estimate of drug-likeness (QED) is 0.631. The average Bonchev–Trinajstić information content (AvgIpc) is 2.68. The van der Waals surface area contributed by atoms with Crippen LogP contribution in [0.1, 0.15) is 28.9 Å². The number of rotatable bonds is 6. The Hall–Kier alpha value is -3.26. The molecule has 29 heavy (non-hydrogen) atoms. The van der Waals surface area contributed by atoms with E-state index >= 15 is 0 Å². The van der Waals surface area contributed by atoms with E-state index in [9.17, 15) is 22.0 Å². The lowest BCUT2D eigenvalue weighted by atomic mass is 10.1. The fourth-order valence-electron chi connectivity index (χ4n) is 2.76. The van der Waals surface area contributed by atoms with Crippen molar-refractivity contribution in [2.45, 2.75) is 17.9 Å². The van der Waals surface area contributed by atoms with E-state index in [0.717, 1.165) is 5.56 Å². The number of carbonyl (C=O) groups is 1. The Kier molecular flexibility index (Phi) is 5.93. The summed E-state index contributed by atoms with van der Waals surface area (Å²) in [5, 5.41) is 2.80. The zero-order chi connectivity index (χ0) is 21.0. The van der Waals surface area contributed by atoms with E-state index in [1.54, 1.807) is 19.1 Å². The lowest BCUT2D eigenvalue weighted by Crippen LogP contribution is -2.28. The number of sulfonamides is 1. The van der Waals surface area contributed by atoms with E-state index in [-0.39, 0.29) is 17.3 Å². The van der Waals surface area contributed by atoms with Crippen LogP contribution < -0.4 is 10.0 Å². The molecule has 3 rings (SSSR count). The highest BCUT2D eigenvalue weighted by molar-refractivity contribution is 7.92.